The minimum absolute atomic E-state index is 0.544. The number of aliphatic hydroxyl groups is 1. The molecule has 0 amide bonds. The summed E-state index contributed by atoms with van der Waals surface area (Å²) in [5, 5.41) is 11.1. The van der Waals surface area contributed by atoms with Crippen LogP contribution in [0, 0.1) is 0 Å². The molecular formula is C13H19ClN2O2. The van der Waals surface area contributed by atoms with Crippen molar-refractivity contribution in [3.8, 4) is 0 Å². The lowest BCUT2D eigenvalue weighted by molar-refractivity contribution is -0.0572. The van der Waals surface area contributed by atoms with E-state index >= 15 is 0 Å². The van der Waals surface area contributed by atoms with Gasteiger partial charge in [0.2, 0.25) is 0 Å². The molecule has 1 heterocycles. The van der Waals surface area contributed by atoms with Crippen LogP contribution in [0.1, 0.15) is 12.8 Å². The summed E-state index contributed by atoms with van der Waals surface area (Å²) in [6.45, 7) is 1.77. The van der Waals surface area contributed by atoms with E-state index in [9.17, 15) is 5.11 Å². The number of halogens is 1. The molecule has 1 aliphatic heterocycles. The van der Waals surface area contributed by atoms with Crippen LogP contribution in [0.25, 0.3) is 0 Å². The molecule has 2 rings (SSSR count). The van der Waals surface area contributed by atoms with E-state index in [1.807, 2.05) is 18.0 Å². The third-order valence-electron chi connectivity index (χ3n) is 3.36. The summed E-state index contributed by atoms with van der Waals surface area (Å²) in [5.41, 5.74) is 6.76. The van der Waals surface area contributed by atoms with Crippen molar-refractivity contribution in [2.24, 2.45) is 0 Å². The topological polar surface area (TPSA) is 58.7 Å². The van der Waals surface area contributed by atoms with E-state index in [2.05, 4.69) is 0 Å². The molecule has 1 aliphatic rings. The third-order valence-corrected chi connectivity index (χ3v) is 3.59. The van der Waals surface area contributed by atoms with Gasteiger partial charge in [-0.05, 0) is 18.2 Å². The molecule has 0 aromatic heterocycles. The monoisotopic (exact) mass is 270 g/mol. The molecule has 0 atom stereocenters. The lowest BCUT2D eigenvalue weighted by Gasteiger charge is -2.36. The van der Waals surface area contributed by atoms with Crippen molar-refractivity contribution in [1.82, 2.24) is 0 Å². The van der Waals surface area contributed by atoms with Crippen molar-refractivity contribution in [3.05, 3.63) is 23.2 Å². The van der Waals surface area contributed by atoms with Crippen molar-refractivity contribution >= 4 is 23.0 Å². The zero-order valence-electron chi connectivity index (χ0n) is 10.5. The van der Waals surface area contributed by atoms with E-state index in [1.54, 1.807) is 12.1 Å². The van der Waals surface area contributed by atoms with Crippen LogP contribution in [0.4, 0.5) is 11.4 Å². The highest BCUT2D eigenvalue weighted by Gasteiger charge is 2.31. The largest absolute Gasteiger partial charge is 0.397 e. The Morgan fingerprint density at radius 2 is 2.11 bits per heavy atom. The van der Waals surface area contributed by atoms with Crippen molar-refractivity contribution in [3.63, 3.8) is 0 Å². The number of likely N-dealkylation sites (N-methyl/N-ethyl adjacent to an activating group) is 1. The van der Waals surface area contributed by atoms with Crippen molar-refractivity contribution < 1.29 is 9.84 Å². The summed E-state index contributed by atoms with van der Waals surface area (Å²) in [6, 6.07) is 5.40. The predicted octanol–water partition coefficient (Wildman–Crippen LogP) is 1.90. The number of hydrogen-bond acceptors (Lipinski definition) is 4. The van der Waals surface area contributed by atoms with E-state index in [0.717, 1.165) is 5.69 Å². The maximum atomic E-state index is 10.5. The molecule has 3 N–H and O–H groups in total. The van der Waals surface area contributed by atoms with Crippen LogP contribution < -0.4 is 10.6 Å². The van der Waals surface area contributed by atoms with E-state index < -0.39 is 5.60 Å². The number of nitrogens with two attached hydrogens (primary N) is 1. The van der Waals surface area contributed by atoms with Gasteiger partial charge in [-0.2, -0.15) is 0 Å². The Bertz CT molecular complexity index is 419. The van der Waals surface area contributed by atoms with Gasteiger partial charge in [0.15, 0.2) is 0 Å². The molecular weight excluding hydrogens is 252 g/mol. The molecule has 1 aromatic carbocycles. The molecule has 18 heavy (non-hydrogen) atoms. The quantitative estimate of drug-likeness (QED) is 0.824. The van der Waals surface area contributed by atoms with Crippen LogP contribution in [-0.4, -0.2) is 37.5 Å². The van der Waals surface area contributed by atoms with Crippen LogP contribution in [0.5, 0.6) is 0 Å². The lowest BCUT2D eigenvalue weighted by atomic mass is 9.93. The van der Waals surface area contributed by atoms with Gasteiger partial charge >= 0.3 is 0 Å². The molecule has 4 nitrogen and oxygen atoms in total. The van der Waals surface area contributed by atoms with Crippen molar-refractivity contribution in [1.29, 1.82) is 0 Å². The first-order chi connectivity index (χ1) is 8.50. The highest BCUT2D eigenvalue weighted by atomic mass is 35.5. The summed E-state index contributed by atoms with van der Waals surface area (Å²) in [4.78, 5) is 1.97. The fourth-order valence-electron chi connectivity index (χ4n) is 2.31. The second-order valence-corrected chi connectivity index (χ2v) is 5.33. The Kier molecular flexibility index (Phi) is 4.00. The average Bonchev–Trinajstić information content (AvgIpc) is 2.28. The molecule has 0 aliphatic carbocycles. The Hall–Kier alpha value is -0.970. The number of ether oxygens (including phenoxy) is 1. The van der Waals surface area contributed by atoms with E-state index in [4.69, 9.17) is 22.1 Å². The van der Waals surface area contributed by atoms with Gasteiger partial charge in [0, 0.05) is 44.7 Å². The number of nitrogen functional groups attached to an aromatic ring is 1. The van der Waals surface area contributed by atoms with Gasteiger partial charge in [-0.15, -0.1) is 0 Å². The van der Waals surface area contributed by atoms with E-state index in [0.29, 0.717) is 43.3 Å². The van der Waals surface area contributed by atoms with Gasteiger partial charge in [0.25, 0.3) is 0 Å². The van der Waals surface area contributed by atoms with Crippen LogP contribution in [0.15, 0.2) is 18.2 Å². The second-order valence-electron chi connectivity index (χ2n) is 4.90. The Morgan fingerprint density at radius 3 is 2.72 bits per heavy atom. The van der Waals surface area contributed by atoms with Gasteiger partial charge < -0.3 is 20.5 Å². The van der Waals surface area contributed by atoms with Gasteiger partial charge in [-0.1, -0.05) is 11.6 Å². The van der Waals surface area contributed by atoms with Crippen molar-refractivity contribution in [2.45, 2.75) is 18.4 Å². The van der Waals surface area contributed by atoms with Gasteiger partial charge in [0.05, 0.1) is 17.0 Å². The second kappa shape index (κ2) is 5.34. The molecule has 0 spiro atoms. The zero-order valence-corrected chi connectivity index (χ0v) is 11.3. The molecule has 100 valence electrons. The van der Waals surface area contributed by atoms with Crippen LogP contribution in [-0.2, 0) is 4.74 Å². The maximum absolute atomic E-state index is 10.5. The Labute approximate surface area is 112 Å². The normalized spacial score (nSPS) is 18.6. The molecule has 1 aromatic rings. The maximum Gasteiger partial charge on any atom is 0.0865 e. The summed E-state index contributed by atoms with van der Waals surface area (Å²) < 4.78 is 5.27. The highest BCUT2D eigenvalue weighted by Crippen LogP contribution is 2.29. The number of anilines is 2. The lowest BCUT2D eigenvalue weighted by Crippen LogP contribution is -2.45. The Morgan fingerprint density at radius 1 is 1.44 bits per heavy atom. The third kappa shape index (κ3) is 3.07. The molecule has 0 radical (unpaired) electrons. The smallest absolute Gasteiger partial charge is 0.0865 e. The average molecular weight is 271 g/mol. The Balaban J connectivity index is 2.08. The van der Waals surface area contributed by atoms with E-state index in [1.165, 1.54) is 0 Å². The highest BCUT2D eigenvalue weighted by molar-refractivity contribution is 6.31. The van der Waals surface area contributed by atoms with Crippen LogP contribution in [0.3, 0.4) is 0 Å². The molecule has 5 heteroatoms. The first-order valence-electron chi connectivity index (χ1n) is 6.06. The first kappa shape index (κ1) is 13.5. The minimum atomic E-state index is -0.695. The fourth-order valence-corrected chi connectivity index (χ4v) is 2.49. The molecule has 1 fully saturated rings. The summed E-state index contributed by atoms with van der Waals surface area (Å²) in [5.74, 6) is 0. The molecule has 0 unspecified atom stereocenters. The van der Waals surface area contributed by atoms with Gasteiger partial charge in [-0.25, -0.2) is 0 Å². The number of benzene rings is 1. The van der Waals surface area contributed by atoms with Crippen LogP contribution in [0.2, 0.25) is 5.02 Å². The predicted molar refractivity (Wildman–Crippen MR) is 74.1 cm³/mol. The minimum Gasteiger partial charge on any atom is -0.397 e. The van der Waals surface area contributed by atoms with E-state index in [-0.39, 0.29) is 0 Å². The SMILES string of the molecule is CN(CC1(O)CCOCC1)c1ccc(Cl)cc1N. The summed E-state index contributed by atoms with van der Waals surface area (Å²) in [7, 11) is 1.92. The molecule has 0 bridgehead atoms. The molecule has 0 saturated carbocycles. The standard InChI is InChI=1S/C13H19ClN2O2/c1-16(9-13(17)4-6-18-7-5-13)12-3-2-10(14)8-11(12)15/h2-3,8,17H,4-7,9,15H2,1H3. The van der Waals surface area contributed by atoms with Gasteiger partial charge in [-0.3, -0.25) is 0 Å². The zero-order chi connectivity index (χ0) is 13.2. The number of nitrogens with zero attached hydrogens (tertiary/aromatic N) is 1. The fraction of sp³-hybridized carbons (Fsp3) is 0.538. The number of hydrogen-bond donors (Lipinski definition) is 2. The molecule has 1 saturated heterocycles. The van der Waals surface area contributed by atoms with Crippen molar-refractivity contribution in [2.75, 3.05) is 37.4 Å². The van der Waals surface area contributed by atoms with Crippen LogP contribution >= 0.6 is 11.6 Å². The number of rotatable bonds is 3. The summed E-state index contributed by atoms with van der Waals surface area (Å²) in [6.07, 6.45) is 1.32. The first-order valence-corrected chi connectivity index (χ1v) is 6.44. The summed E-state index contributed by atoms with van der Waals surface area (Å²) >= 11 is 5.88. The van der Waals surface area contributed by atoms with Gasteiger partial charge in [0.1, 0.15) is 0 Å².